The van der Waals surface area contributed by atoms with Crippen molar-refractivity contribution in [1.29, 1.82) is 0 Å². The van der Waals surface area contributed by atoms with Gasteiger partial charge in [0.1, 0.15) is 5.75 Å². The zero-order valence-electron chi connectivity index (χ0n) is 16.1. The minimum atomic E-state index is -0.411. The minimum absolute atomic E-state index is 0.0217. The predicted molar refractivity (Wildman–Crippen MR) is 111 cm³/mol. The molecule has 3 aromatic carbocycles. The number of amides is 1. The van der Waals surface area contributed by atoms with Crippen molar-refractivity contribution in [3.8, 4) is 5.75 Å². The molecule has 4 heteroatoms. The standard InChI is InChI=1S/C23H26N2O2/c1-4-7-21(27)24-23(17-10-13-18(14-11-17)25(2)3)22-19-9-6-5-8-16(19)12-15-20(22)26/h5-6,8-15,23,26H,4,7H2,1-3H3,(H,24,27)/t23-/m0/s1. The molecule has 0 spiro atoms. The summed E-state index contributed by atoms with van der Waals surface area (Å²) in [6.07, 6.45) is 1.23. The molecule has 2 N–H and O–H groups in total. The summed E-state index contributed by atoms with van der Waals surface area (Å²) < 4.78 is 0. The highest BCUT2D eigenvalue weighted by atomic mass is 16.3. The summed E-state index contributed by atoms with van der Waals surface area (Å²) >= 11 is 0. The van der Waals surface area contributed by atoms with Gasteiger partial charge < -0.3 is 15.3 Å². The highest BCUT2D eigenvalue weighted by molar-refractivity contribution is 5.89. The Balaban J connectivity index is 2.13. The van der Waals surface area contributed by atoms with E-state index in [9.17, 15) is 9.90 Å². The molecule has 4 nitrogen and oxygen atoms in total. The van der Waals surface area contributed by atoms with Gasteiger partial charge in [0, 0.05) is 31.8 Å². The maximum absolute atomic E-state index is 12.4. The number of hydrogen-bond acceptors (Lipinski definition) is 3. The smallest absolute Gasteiger partial charge is 0.220 e. The van der Waals surface area contributed by atoms with Crippen LogP contribution in [0.5, 0.6) is 5.75 Å². The molecule has 0 saturated heterocycles. The maximum atomic E-state index is 12.4. The van der Waals surface area contributed by atoms with Crippen LogP contribution in [0.25, 0.3) is 10.8 Å². The lowest BCUT2D eigenvalue weighted by Crippen LogP contribution is -2.29. The molecule has 0 radical (unpaired) electrons. The van der Waals surface area contributed by atoms with Crippen molar-refractivity contribution in [2.75, 3.05) is 19.0 Å². The molecule has 140 valence electrons. The van der Waals surface area contributed by atoms with Crippen LogP contribution in [0.3, 0.4) is 0 Å². The Morgan fingerprint density at radius 1 is 1.04 bits per heavy atom. The van der Waals surface area contributed by atoms with Gasteiger partial charge in [0.25, 0.3) is 0 Å². The third-order valence-corrected chi connectivity index (χ3v) is 4.76. The molecule has 27 heavy (non-hydrogen) atoms. The molecule has 0 heterocycles. The molecule has 0 aliphatic heterocycles. The van der Waals surface area contributed by atoms with Crippen LogP contribution in [0.4, 0.5) is 5.69 Å². The number of carbonyl (C=O) groups excluding carboxylic acids is 1. The second-order valence-corrected chi connectivity index (χ2v) is 6.96. The van der Waals surface area contributed by atoms with E-state index in [2.05, 4.69) is 5.32 Å². The first-order valence-electron chi connectivity index (χ1n) is 9.28. The van der Waals surface area contributed by atoms with E-state index in [1.165, 1.54) is 0 Å². The molecule has 0 fully saturated rings. The van der Waals surface area contributed by atoms with E-state index in [0.717, 1.165) is 34.0 Å². The highest BCUT2D eigenvalue weighted by Gasteiger charge is 2.22. The summed E-state index contributed by atoms with van der Waals surface area (Å²) in [5.74, 6) is 0.165. The second kappa shape index (κ2) is 8.12. The molecule has 3 aromatic rings. The topological polar surface area (TPSA) is 52.6 Å². The highest BCUT2D eigenvalue weighted by Crippen LogP contribution is 2.36. The van der Waals surface area contributed by atoms with Gasteiger partial charge in [-0.1, -0.05) is 49.4 Å². The fraction of sp³-hybridized carbons (Fsp3) is 0.261. The fourth-order valence-electron chi connectivity index (χ4n) is 3.33. The van der Waals surface area contributed by atoms with Crippen molar-refractivity contribution in [2.24, 2.45) is 0 Å². The number of carbonyl (C=O) groups is 1. The van der Waals surface area contributed by atoms with Crippen LogP contribution in [0, 0.1) is 0 Å². The first kappa shape index (κ1) is 18.8. The van der Waals surface area contributed by atoms with Gasteiger partial charge in [0.15, 0.2) is 0 Å². The van der Waals surface area contributed by atoms with E-state index >= 15 is 0 Å². The van der Waals surface area contributed by atoms with Gasteiger partial charge in [-0.2, -0.15) is 0 Å². The summed E-state index contributed by atoms with van der Waals surface area (Å²) in [5, 5.41) is 15.8. The Kier molecular flexibility index (Phi) is 5.65. The van der Waals surface area contributed by atoms with E-state index in [1.807, 2.05) is 80.5 Å². The maximum Gasteiger partial charge on any atom is 0.220 e. The summed E-state index contributed by atoms with van der Waals surface area (Å²) in [6.45, 7) is 1.98. The number of hydrogen-bond donors (Lipinski definition) is 2. The van der Waals surface area contributed by atoms with E-state index in [4.69, 9.17) is 0 Å². The molecule has 1 amide bonds. The van der Waals surface area contributed by atoms with Crippen molar-refractivity contribution in [3.05, 3.63) is 71.8 Å². The van der Waals surface area contributed by atoms with Crippen LogP contribution in [-0.2, 0) is 4.79 Å². The Hall–Kier alpha value is -3.01. The lowest BCUT2D eigenvalue weighted by molar-refractivity contribution is -0.121. The monoisotopic (exact) mass is 362 g/mol. The fourth-order valence-corrected chi connectivity index (χ4v) is 3.33. The average Bonchev–Trinajstić information content (AvgIpc) is 2.67. The predicted octanol–water partition coefficient (Wildman–Crippen LogP) is 4.62. The molecule has 0 aliphatic rings. The zero-order valence-corrected chi connectivity index (χ0v) is 16.1. The SMILES string of the molecule is CCCC(=O)N[C@@H](c1ccc(N(C)C)cc1)c1c(O)ccc2ccccc12. The first-order valence-corrected chi connectivity index (χ1v) is 9.28. The molecule has 0 aliphatic carbocycles. The van der Waals surface area contributed by atoms with Gasteiger partial charge in [-0.3, -0.25) is 4.79 Å². The summed E-state index contributed by atoms with van der Waals surface area (Å²) in [5.41, 5.74) is 2.76. The molecule has 0 unspecified atom stereocenters. The summed E-state index contributed by atoms with van der Waals surface area (Å²) in [6, 6.07) is 19.2. The first-order chi connectivity index (χ1) is 13.0. The van der Waals surface area contributed by atoms with Crippen molar-refractivity contribution < 1.29 is 9.90 Å². The normalized spacial score (nSPS) is 12.0. The van der Waals surface area contributed by atoms with Crippen LogP contribution in [0.1, 0.15) is 36.9 Å². The molecule has 0 bridgehead atoms. The van der Waals surface area contributed by atoms with Crippen LogP contribution >= 0.6 is 0 Å². The number of fused-ring (bicyclic) bond motifs is 1. The molecule has 0 saturated carbocycles. The summed E-state index contributed by atoms with van der Waals surface area (Å²) in [7, 11) is 3.98. The van der Waals surface area contributed by atoms with Crippen LogP contribution < -0.4 is 10.2 Å². The van der Waals surface area contributed by atoms with Crippen molar-refractivity contribution in [2.45, 2.75) is 25.8 Å². The number of benzene rings is 3. The van der Waals surface area contributed by atoms with E-state index in [0.29, 0.717) is 6.42 Å². The molecular weight excluding hydrogens is 336 g/mol. The van der Waals surface area contributed by atoms with Crippen LogP contribution in [0.15, 0.2) is 60.7 Å². The minimum Gasteiger partial charge on any atom is -0.508 e. The van der Waals surface area contributed by atoms with Gasteiger partial charge in [0.2, 0.25) is 5.91 Å². The van der Waals surface area contributed by atoms with E-state index < -0.39 is 6.04 Å². The number of aromatic hydroxyl groups is 1. The van der Waals surface area contributed by atoms with Gasteiger partial charge in [-0.15, -0.1) is 0 Å². The van der Waals surface area contributed by atoms with Crippen LogP contribution in [0.2, 0.25) is 0 Å². The van der Waals surface area contributed by atoms with Gasteiger partial charge >= 0.3 is 0 Å². The Bertz CT molecular complexity index is 933. The molecular formula is C23H26N2O2. The molecule has 3 rings (SSSR count). The lowest BCUT2D eigenvalue weighted by Gasteiger charge is -2.23. The second-order valence-electron chi connectivity index (χ2n) is 6.96. The van der Waals surface area contributed by atoms with Gasteiger partial charge in [0.05, 0.1) is 6.04 Å². The number of nitrogens with zero attached hydrogens (tertiary/aromatic N) is 1. The Labute approximate surface area is 160 Å². The van der Waals surface area contributed by atoms with Gasteiger partial charge in [-0.05, 0) is 41.0 Å². The van der Waals surface area contributed by atoms with Crippen molar-refractivity contribution in [1.82, 2.24) is 5.32 Å². The largest absolute Gasteiger partial charge is 0.508 e. The number of anilines is 1. The molecule has 1 atom stereocenters. The number of rotatable bonds is 6. The zero-order chi connectivity index (χ0) is 19.4. The summed E-state index contributed by atoms with van der Waals surface area (Å²) in [4.78, 5) is 14.5. The number of phenolic OH excluding ortho intramolecular Hbond substituents is 1. The number of phenols is 1. The van der Waals surface area contributed by atoms with Crippen LogP contribution in [-0.4, -0.2) is 25.1 Å². The Morgan fingerprint density at radius 3 is 2.41 bits per heavy atom. The Morgan fingerprint density at radius 2 is 1.74 bits per heavy atom. The third kappa shape index (κ3) is 4.05. The lowest BCUT2D eigenvalue weighted by atomic mass is 9.92. The van der Waals surface area contributed by atoms with Gasteiger partial charge in [-0.25, -0.2) is 0 Å². The molecule has 0 aromatic heterocycles. The average molecular weight is 362 g/mol. The third-order valence-electron chi connectivity index (χ3n) is 4.76. The van der Waals surface area contributed by atoms with E-state index in [1.54, 1.807) is 6.07 Å². The van der Waals surface area contributed by atoms with E-state index in [-0.39, 0.29) is 11.7 Å². The quantitative estimate of drug-likeness (QED) is 0.673. The van der Waals surface area contributed by atoms with Crippen molar-refractivity contribution in [3.63, 3.8) is 0 Å². The van der Waals surface area contributed by atoms with Crippen molar-refractivity contribution >= 4 is 22.4 Å². The number of nitrogens with one attached hydrogen (secondary N) is 1.